The van der Waals surface area contributed by atoms with Gasteiger partial charge in [0, 0.05) is 44.2 Å². The third kappa shape index (κ3) is 6.13. The SMILES string of the molecule is O=C(NCCNS(=O)(=O)c1cccc([N+](=O)[O-])c1)C1CCN(S(=O)(=O)c2ccccc2)CC1. The van der Waals surface area contributed by atoms with E-state index in [2.05, 4.69) is 10.0 Å². The predicted molar refractivity (Wildman–Crippen MR) is 119 cm³/mol. The molecule has 1 heterocycles. The van der Waals surface area contributed by atoms with Gasteiger partial charge in [0.15, 0.2) is 0 Å². The first-order valence-electron chi connectivity index (χ1n) is 10.2. The summed E-state index contributed by atoms with van der Waals surface area (Å²) in [7, 11) is -7.57. The number of carbonyl (C=O) groups is 1. The van der Waals surface area contributed by atoms with E-state index in [4.69, 9.17) is 0 Å². The topological polar surface area (TPSA) is 156 Å². The smallest absolute Gasteiger partial charge is 0.270 e. The molecule has 2 N–H and O–H groups in total. The fraction of sp³-hybridized carbons (Fsp3) is 0.350. The van der Waals surface area contributed by atoms with Crippen LogP contribution in [0.3, 0.4) is 0 Å². The van der Waals surface area contributed by atoms with Crippen LogP contribution in [-0.4, -0.2) is 58.2 Å². The maximum Gasteiger partial charge on any atom is 0.270 e. The summed E-state index contributed by atoms with van der Waals surface area (Å²) in [6.07, 6.45) is 0.717. The highest BCUT2D eigenvalue weighted by molar-refractivity contribution is 7.89. The molecule has 0 bridgehead atoms. The third-order valence-electron chi connectivity index (χ3n) is 5.26. The zero-order valence-corrected chi connectivity index (χ0v) is 19.2. The Morgan fingerprint density at radius 3 is 2.24 bits per heavy atom. The third-order valence-corrected chi connectivity index (χ3v) is 8.63. The highest BCUT2D eigenvalue weighted by Gasteiger charge is 2.31. The standard InChI is InChI=1S/C20H24N4O7S2/c25-20(16-9-13-23(14-10-16)33(30,31)18-6-2-1-3-7-18)21-11-12-22-32(28,29)19-8-4-5-17(15-19)24(26)27/h1-8,15-16,22H,9-14H2,(H,21,25). The van der Waals surface area contributed by atoms with Crippen molar-refractivity contribution in [3.8, 4) is 0 Å². The molecule has 2 aromatic carbocycles. The lowest BCUT2D eigenvalue weighted by Crippen LogP contribution is -2.44. The number of amides is 1. The van der Waals surface area contributed by atoms with Gasteiger partial charge in [0.25, 0.3) is 5.69 Å². The molecule has 11 nitrogen and oxygen atoms in total. The number of nitro benzene ring substituents is 1. The van der Waals surface area contributed by atoms with Crippen molar-refractivity contribution in [2.45, 2.75) is 22.6 Å². The van der Waals surface area contributed by atoms with Gasteiger partial charge < -0.3 is 5.32 Å². The molecule has 0 aliphatic carbocycles. The first-order valence-corrected chi connectivity index (χ1v) is 13.1. The highest BCUT2D eigenvalue weighted by atomic mass is 32.2. The molecular formula is C20H24N4O7S2. The second-order valence-electron chi connectivity index (χ2n) is 7.43. The van der Waals surface area contributed by atoms with E-state index in [1.807, 2.05) is 0 Å². The summed E-state index contributed by atoms with van der Waals surface area (Å²) in [6.45, 7) is 0.358. The fourth-order valence-electron chi connectivity index (χ4n) is 3.46. The monoisotopic (exact) mass is 496 g/mol. The number of nitro groups is 1. The molecule has 3 rings (SSSR count). The Balaban J connectivity index is 1.46. The van der Waals surface area contributed by atoms with Crippen LogP contribution in [0, 0.1) is 16.0 Å². The van der Waals surface area contributed by atoms with Crippen molar-refractivity contribution in [1.29, 1.82) is 0 Å². The van der Waals surface area contributed by atoms with Crippen LogP contribution < -0.4 is 10.0 Å². The number of sulfonamides is 2. The van der Waals surface area contributed by atoms with Gasteiger partial charge in [-0.25, -0.2) is 21.6 Å². The molecule has 1 aliphatic heterocycles. The average Bonchev–Trinajstić information content (AvgIpc) is 2.82. The molecule has 13 heteroatoms. The molecular weight excluding hydrogens is 472 g/mol. The number of carbonyl (C=O) groups excluding carboxylic acids is 1. The summed E-state index contributed by atoms with van der Waals surface area (Å²) < 4.78 is 53.6. The quantitative estimate of drug-likeness (QED) is 0.299. The molecule has 1 amide bonds. The van der Waals surface area contributed by atoms with Gasteiger partial charge >= 0.3 is 0 Å². The highest BCUT2D eigenvalue weighted by Crippen LogP contribution is 2.24. The number of hydrogen-bond acceptors (Lipinski definition) is 7. The summed E-state index contributed by atoms with van der Waals surface area (Å²) in [5, 5.41) is 13.5. The van der Waals surface area contributed by atoms with Crippen molar-refractivity contribution < 1.29 is 26.6 Å². The van der Waals surface area contributed by atoms with Crippen molar-refractivity contribution >= 4 is 31.6 Å². The number of rotatable bonds is 9. The van der Waals surface area contributed by atoms with Crippen molar-refractivity contribution in [3.05, 3.63) is 64.7 Å². The van der Waals surface area contributed by atoms with Crippen LogP contribution in [0.15, 0.2) is 64.4 Å². The predicted octanol–water partition coefficient (Wildman–Crippen LogP) is 1.09. The lowest BCUT2D eigenvalue weighted by Gasteiger charge is -2.30. The number of benzene rings is 2. The number of non-ortho nitro benzene ring substituents is 1. The Bertz CT molecular complexity index is 1210. The molecule has 0 atom stereocenters. The molecule has 1 fully saturated rings. The summed E-state index contributed by atoms with van der Waals surface area (Å²) in [5.41, 5.74) is -0.341. The summed E-state index contributed by atoms with van der Waals surface area (Å²) in [4.78, 5) is 22.5. The maximum atomic E-state index is 12.7. The van der Waals surface area contributed by atoms with Gasteiger partial charge in [0.1, 0.15) is 0 Å². The van der Waals surface area contributed by atoms with Gasteiger partial charge in [-0.2, -0.15) is 4.31 Å². The Labute approximate surface area is 192 Å². The van der Waals surface area contributed by atoms with Crippen LogP contribution in [0.4, 0.5) is 5.69 Å². The lowest BCUT2D eigenvalue weighted by molar-refractivity contribution is -0.385. The van der Waals surface area contributed by atoms with Gasteiger partial charge in [-0.1, -0.05) is 24.3 Å². The van der Waals surface area contributed by atoms with E-state index in [0.29, 0.717) is 12.8 Å². The van der Waals surface area contributed by atoms with Crippen molar-refractivity contribution in [3.63, 3.8) is 0 Å². The molecule has 2 aromatic rings. The Morgan fingerprint density at radius 2 is 1.61 bits per heavy atom. The Kier molecular flexibility index (Phi) is 7.79. The Hall–Kier alpha value is -2.87. The summed E-state index contributed by atoms with van der Waals surface area (Å²) in [6, 6.07) is 12.8. The van der Waals surface area contributed by atoms with Crippen molar-refractivity contribution in [2.24, 2.45) is 5.92 Å². The fourth-order valence-corrected chi connectivity index (χ4v) is 6.02. The molecule has 178 valence electrons. The number of nitrogens with one attached hydrogen (secondary N) is 2. The van der Waals surface area contributed by atoms with Gasteiger partial charge in [-0.3, -0.25) is 14.9 Å². The largest absolute Gasteiger partial charge is 0.355 e. The van der Waals surface area contributed by atoms with E-state index in [9.17, 15) is 31.7 Å². The van der Waals surface area contributed by atoms with E-state index in [-0.39, 0.29) is 53.5 Å². The molecule has 1 aliphatic rings. The van der Waals surface area contributed by atoms with E-state index in [0.717, 1.165) is 6.07 Å². The summed E-state index contributed by atoms with van der Waals surface area (Å²) >= 11 is 0. The lowest BCUT2D eigenvalue weighted by atomic mass is 9.97. The molecule has 0 aromatic heterocycles. The molecule has 0 saturated carbocycles. The van der Waals surface area contributed by atoms with E-state index >= 15 is 0 Å². The van der Waals surface area contributed by atoms with Crippen LogP contribution in [0.5, 0.6) is 0 Å². The summed E-state index contributed by atoms with van der Waals surface area (Å²) in [5.74, 6) is -0.651. The first kappa shape index (κ1) is 24.8. The van der Waals surface area contributed by atoms with Crippen molar-refractivity contribution in [1.82, 2.24) is 14.3 Å². The van der Waals surface area contributed by atoms with Crippen LogP contribution in [0.2, 0.25) is 0 Å². The Morgan fingerprint density at radius 1 is 0.970 bits per heavy atom. The van der Waals surface area contributed by atoms with E-state index in [1.165, 1.54) is 34.6 Å². The molecule has 1 saturated heterocycles. The zero-order valence-electron chi connectivity index (χ0n) is 17.6. The molecule has 0 unspecified atom stereocenters. The van der Waals surface area contributed by atoms with Gasteiger partial charge in [-0.05, 0) is 31.0 Å². The molecule has 0 spiro atoms. The minimum absolute atomic E-state index is 0.0233. The second-order valence-corrected chi connectivity index (χ2v) is 11.1. The number of hydrogen-bond donors (Lipinski definition) is 2. The first-order chi connectivity index (χ1) is 15.6. The number of piperidine rings is 1. The normalized spacial score (nSPS) is 15.8. The minimum atomic E-state index is -3.97. The maximum absolute atomic E-state index is 12.7. The number of nitrogens with zero attached hydrogens (tertiary/aromatic N) is 2. The van der Waals surface area contributed by atoms with Gasteiger partial charge in [-0.15, -0.1) is 0 Å². The average molecular weight is 497 g/mol. The van der Waals surface area contributed by atoms with Crippen LogP contribution in [0.1, 0.15) is 12.8 Å². The van der Waals surface area contributed by atoms with Crippen LogP contribution in [-0.2, 0) is 24.8 Å². The zero-order chi connectivity index (χ0) is 24.1. The molecule has 0 radical (unpaired) electrons. The van der Waals surface area contributed by atoms with Gasteiger partial charge in [0.2, 0.25) is 26.0 Å². The molecule has 33 heavy (non-hydrogen) atoms. The van der Waals surface area contributed by atoms with E-state index < -0.39 is 25.0 Å². The second kappa shape index (κ2) is 10.4. The van der Waals surface area contributed by atoms with Crippen LogP contribution in [0.25, 0.3) is 0 Å². The minimum Gasteiger partial charge on any atom is -0.355 e. The van der Waals surface area contributed by atoms with Gasteiger partial charge in [0.05, 0.1) is 14.7 Å². The van der Waals surface area contributed by atoms with E-state index in [1.54, 1.807) is 18.2 Å². The van der Waals surface area contributed by atoms with Crippen LogP contribution >= 0.6 is 0 Å². The van der Waals surface area contributed by atoms with Crippen molar-refractivity contribution in [2.75, 3.05) is 26.2 Å².